The lowest BCUT2D eigenvalue weighted by atomic mass is 10.2. The molecule has 0 saturated heterocycles. The molecule has 0 aromatic heterocycles. The van der Waals surface area contributed by atoms with E-state index in [1.807, 2.05) is 0 Å². The van der Waals surface area contributed by atoms with Crippen molar-refractivity contribution >= 4 is 17.3 Å². The second-order valence-electron chi connectivity index (χ2n) is 3.87. The predicted octanol–water partition coefficient (Wildman–Crippen LogP) is 5.11. The normalized spacial score (nSPS) is 12.6. The van der Waals surface area contributed by atoms with Gasteiger partial charge in [0.05, 0.1) is 5.56 Å². The molecule has 0 spiro atoms. The molecule has 1 nitrogen and oxygen atoms in total. The molecule has 0 atom stereocenters. The largest absolute Gasteiger partial charge is 0.416 e. The van der Waals surface area contributed by atoms with E-state index in [4.69, 9.17) is 11.6 Å². The second kappa shape index (κ2) is 5.90. The molecule has 0 aliphatic rings. The van der Waals surface area contributed by atoms with E-state index in [1.165, 1.54) is 6.07 Å². The molecule has 1 N–H and O–H groups in total. The van der Waals surface area contributed by atoms with E-state index in [9.17, 15) is 26.3 Å². The molecule has 0 fully saturated rings. The standard InChI is InChI=1S/C11H10ClF6N/c12-8-4-7(11(16,17)18)5-9(6-8)19-3-1-2-10(13,14)15/h4-6,19H,1-3H2. The van der Waals surface area contributed by atoms with E-state index >= 15 is 0 Å². The van der Waals surface area contributed by atoms with Crippen molar-refractivity contribution in [2.45, 2.75) is 25.2 Å². The SMILES string of the molecule is FC(F)(F)CCCNc1cc(Cl)cc(C(F)(F)F)c1. The van der Waals surface area contributed by atoms with Gasteiger partial charge in [-0.1, -0.05) is 11.6 Å². The summed E-state index contributed by atoms with van der Waals surface area (Å²) >= 11 is 5.52. The number of halogens is 7. The van der Waals surface area contributed by atoms with Gasteiger partial charge in [0.2, 0.25) is 0 Å². The van der Waals surface area contributed by atoms with Crippen LogP contribution in [-0.4, -0.2) is 12.7 Å². The molecule has 8 heteroatoms. The Morgan fingerprint density at radius 3 is 2.16 bits per heavy atom. The van der Waals surface area contributed by atoms with Crippen LogP contribution < -0.4 is 5.32 Å². The van der Waals surface area contributed by atoms with Gasteiger partial charge in [0.1, 0.15) is 0 Å². The fraction of sp³-hybridized carbons (Fsp3) is 0.455. The first kappa shape index (κ1) is 15.9. The minimum Gasteiger partial charge on any atom is -0.385 e. The molecule has 0 amide bonds. The quantitative estimate of drug-likeness (QED) is 0.602. The lowest BCUT2D eigenvalue weighted by Crippen LogP contribution is -2.11. The van der Waals surface area contributed by atoms with Gasteiger partial charge in [-0.15, -0.1) is 0 Å². The molecule has 1 aromatic rings. The number of hydrogen-bond acceptors (Lipinski definition) is 1. The van der Waals surface area contributed by atoms with Crippen molar-refractivity contribution < 1.29 is 26.3 Å². The van der Waals surface area contributed by atoms with Gasteiger partial charge in [0.25, 0.3) is 0 Å². The number of anilines is 1. The van der Waals surface area contributed by atoms with Crippen molar-refractivity contribution in [3.8, 4) is 0 Å². The van der Waals surface area contributed by atoms with Crippen LogP contribution in [0.5, 0.6) is 0 Å². The lowest BCUT2D eigenvalue weighted by Gasteiger charge is -2.12. The number of rotatable bonds is 4. The molecular weight excluding hydrogens is 296 g/mol. The third-order valence-corrected chi connectivity index (χ3v) is 2.41. The summed E-state index contributed by atoms with van der Waals surface area (Å²) < 4.78 is 73.0. The van der Waals surface area contributed by atoms with Crippen LogP contribution in [0.2, 0.25) is 5.02 Å². The molecule has 1 aromatic carbocycles. The van der Waals surface area contributed by atoms with E-state index in [-0.39, 0.29) is 23.7 Å². The van der Waals surface area contributed by atoms with Crippen LogP contribution in [0.25, 0.3) is 0 Å². The van der Waals surface area contributed by atoms with Gasteiger partial charge in [-0.25, -0.2) is 0 Å². The summed E-state index contributed by atoms with van der Waals surface area (Å²) in [5, 5.41) is 2.35. The highest BCUT2D eigenvalue weighted by Gasteiger charge is 2.31. The van der Waals surface area contributed by atoms with Crippen LogP contribution in [0.3, 0.4) is 0 Å². The second-order valence-corrected chi connectivity index (χ2v) is 4.31. The number of nitrogens with one attached hydrogen (secondary N) is 1. The maximum atomic E-state index is 12.5. The number of benzene rings is 1. The molecule has 19 heavy (non-hydrogen) atoms. The molecule has 0 heterocycles. The fourth-order valence-corrected chi connectivity index (χ4v) is 1.61. The van der Waals surface area contributed by atoms with Crippen LogP contribution in [-0.2, 0) is 6.18 Å². The number of hydrogen-bond donors (Lipinski definition) is 1. The molecule has 0 saturated carbocycles. The maximum Gasteiger partial charge on any atom is 0.416 e. The van der Waals surface area contributed by atoms with Crippen LogP contribution >= 0.6 is 11.6 Å². The average Bonchev–Trinajstić information content (AvgIpc) is 2.21. The summed E-state index contributed by atoms with van der Waals surface area (Å²) in [4.78, 5) is 0. The molecular formula is C11H10ClF6N. The zero-order chi connectivity index (χ0) is 14.7. The molecule has 0 aliphatic heterocycles. The molecule has 0 aliphatic carbocycles. The third kappa shape index (κ3) is 6.04. The predicted molar refractivity (Wildman–Crippen MR) is 60.2 cm³/mol. The summed E-state index contributed by atoms with van der Waals surface area (Å²) in [6.07, 6.45) is -10.0. The van der Waals surface area contributed by atoms with Crippen LogP contribution in [0.4, 0.5) is 32.0 Å². The van der Waals surface area contributed by atoms with Crippen molar-refractivity contribution in [1.82, 2.24) is 0 Å². The van der Waals surface area contributed by atoms with E-state index < -0.39 is 24.3 Å². The fourth-order valence-electron chi connectivity index (χ4n) is 1.38. The summed E-state index contributed by atoms with van der Waals surface area (Å²) in [5.41, 5.74) is -0.902. The Balaban J connectivity index is 2.62. The van der Waals surface area contributed by atoms with Gasteiger partial charge in [-0.2, -0.15) is 26.3 Å². The Hall–Kier alpha value is -1.11. The highest BCUT2D eigenvalue weighted by atomic mass is 35.5. The maximum absolute atomic E-state index is 12.5. The summed E-state index contributed by atoms with van der Waals surface area (Å²) in [5.74, 6) is 0. The molecule has 0 bridgehead atoms. The van der Waals surface area contributed by atoms with E-state index in [2.05, 4.69) is 5.32 Å². The highest BCUT2D eigenvalue weighted by molar-refractivity contribution is 6.30. The van der Waals surface area contributed by atoms with Gasteiger partial charge in [0.15, 0.2) is 0 Å². The Kier molecular flexibility index (Phi) is 4.95. The topological polar surface area (TPSA) is 12.0 Å². The zero-order valence-corrected chi connectivity index (χ0v) is 10.3. The minimum atomic E-state index is -4.55. The van der Waals surface area contributed by atoms with Crippen LogP contribution in [0.15, 0.2) is 18.2 Å². The molecule has 0 radical (unpaired) electrons. The van der Waals surface area contributed by atoms with E-state index in [1.54, 1.807) is 0 Å². The smallest absolute Gasteiger partial charge is 0.385 e. The minimum absolute atomic E-state index is 0.0435. The van der Waals surface area contributed by atoms with Crippen molar-refractivity contribution in [2.24, 2.45) is 0 Å². The third-order valence-electron chi connectivity index (χ3n) is 2.19. The first-order valence-corrected chi connectivity index (χ1v) is 5.64. The molecule has 108 valence electrons. The Morgan fingerprint density at radius 1 is 1.00 bits per heavy atom. The summed E-state index contributed by atoms with van der Waals surface area (Å²) in [6, 6.07) is 2.78. The van der Waals surface area contributed by atoms with E-state index in [0.717, 1.165) is 12.1 Å². The first-order valence-electron chi connectivity index (χ1n) is 5.26. The Morgan fingerprint density at radius 2 is 1.63 bits per heavy atom. The number of alkyl halides is 6. The van der Waals surface area contributed by atoms with Crippen molar-refractivity contribution in [3.63, 3.8) is 0 Å². The van der Waals surface area contributed by atoms with Gasteiger partial charge in [0, 0.05) is 23.7 Å². The zero-order valence-electron chi connectivity index (χ0n) is 9.50. The average molecular weight is 306 g/mol. The molecule has 0 unspecified atom stereocenters. The Labute approximate surface area is 110 Å². The van der Waals surface area contributed by atoms with Crippen molar-refractivity contribution in [2.75, 3.05) is 11.9 Å². The monoisotopic (exact) mass is 305 g/mol. The molecule has 1 rings (SSSR count). The van der Waals surface area contributed by atoms with Crippen LogP contribution in [0.1, 0.15) is 18.4 Å². The van der Waals surface area contributed by atoms with Gasteiger partial charge < -0.3 is 5.32 Å². The van der Waals surface area contributed by atoms with Crippen molar-refractivity contribution in [1.29, 1.82) is 0 Å². The lowest BCUT2D eigenvalue weighted by molar-refractivity contribution is -0.137. The summed E-state index contributed by atoms with van der Waals surface area (Å²) in [7, 11) is 0. The van der Waals surface area contributed by atoms with Crippen LogP contribution in [0, 0.1) is 0 Å². The van der Waals surface area contributed by atoms with Gasteiger partial charge in [-0.3, -0.25) is 0 Å². The highest BCUT2D eigenvalue weighted by Crippen LogP contribution is 2.33. The first-order chi connectivity index (χ1) is 8.58. The van der Waals surface area contributed by atoms with Gasteiger partial charge in [-0.05, 0) is 24.6 Å². The van der Waals surface area contributed by atoms with E-state index in [0.29, 0.717) is 0 Å². The van der Waals surface area contributed by atoms with Gasteiger partial charge >= 0.3 is 12.4 Å². The Bertz CT molecular complexity index is 426. The summed E-state index contributed by atoms with van der Waals surface area (Å²) in [6.45, 7) is -0.0862. The van der Waals surface area contributed by atoms with Crippen molar-refractivity contribution in [3.05, 3.63) is 28.8 Å².